The molecule has 0 aromatic heterocycles. The van der Waals surface area contributed by atoms with Crippen molar-refractivity contribution in [3.8, 4) is 5.75 Å². The molecular formula is C17H16Cl2N2O2. The summed E-state index contributed by atoms with van der Waals surface area (Å²) in [6.07, 6.45) is 2.36. The van der Waals surface area contributed by atoms with Crippen molar-refractivity contribution in [2.45, 2.75) is 13.3 Å². The number of ether oxygens (including phenoxy) is 1. The third-order valence-electron chi connectivity index (χ3n) is 3.08. The van der Waals surface area contributed by atoms with Gasteiger partial charge in [-0.2, -0.15) is 5.10 Å². The first-order chi connectivity index (χ1) is 11.1. The number of amides is 1. The Balaban J connectivity index is 1.84. The van der Waals surface area contributed by atoms with E-state index in [-0.39, 0.29) is 12.5 Å². The topological polar surface area (TPSA) is 50.7 Å². The molecule has 2 aromatic rings. The monoisotopic (exact) mass is 350 g/mol. The Morgan fingerprint density at radius 1 is 1.17 bits per heavy atom. The number of carbonyl (C=O) groups excluding carboxylic acids is 1. The number of hydrogen-bond donors (Lipinski definition) is 1. The normalized spacial score (nSPS) is 10.7. The van der Waals surface area contributed by atoms with Crippen LogP contribution >= 0.6 is 23.2 Å². The molecule has 0 aliphatic heterocycles. The van der Waals surface area contributed by atoms with E-state index >= 15 is 0 Å². The fourth-order valence-corrected chi connectivity index (χ4v) is 2.30. The number of nitrogens with zero attached hydrogens (tertiary/aromatic N) is 1. The molecule has 1 amide bonds. The van der Waals surface area contributed by atoms with Crippen LogP contribution in [0.15, 0.2) is 47.6 Å². The lowest BCUT2D eigenvalue weighted by Crippen LogP contribution is -2.24. The summed E-state index contributed by atoms with van der Waals surface area (Å²) in [4.78, 5) is 11.7. The summed E-state index contributed by atoms with van der Waals surface area (Å²) in [5.41, 5.74) is 4.13. The van der Waals surface area contributed by atoms with Gasteiger partial charge in [0.2, 0.25) is 0 Å². The molecule has 0 heterocycles. The minimum atomic E-state index is -0.371. The van der Waals surface area contributed by atoms with Crippen molar-refractivity contribution in [2.24, 2.45) is 5.10 Å². The number of carbonyl (C=O) groups is 1. The Bertz CT molecular complexity index is 680. The van der Waals surface area contributed by atoms with Crippen molar-refractivity contribution < 1.29 is 9.53 Å². The summed E-state index contributed by atoms with van der Waals surface area (Å²) in [6.45, 7) is 1.95. The van der Waals surface area contributed by atoms with Crippen molar-refractivity contribution in [1.82, 2.24) is 5.43 Å². The van der Waals surface area contributed by atoms with Crippen LogP contribution in [0, 0.1) is 0 Å². The van der Waals surface area contributed by atoms with Gasteiger partial charge in [0, 0.05) is 5.56 Å². The largest absolute Gasteiger partial charge is 0.484 e. The highest BCUT2D eigenvalue weighted by Crippen LogP contribution is 2.21. The van der Waals surface area contributed by atoms with Crippen molar-refractivity contribution in [3.05, 3.63) is 63.6 Å². The molecule has 2 rings (SSSR count). The Labute approximate surface area is 145 Å². The zero-order chi connectivity index (χ0) is 16.7. The molecule has 120 valence electrons. The van der Waals surface area contributed by atoms with Crippen LogP contribution in [0.3, 0.4) is 0 Å². The van der Waals surface area contributed by atoms with Crippen molar-refractivity contribution in [3.63, 3.8) is 0 Å². The summed E-state index contributed by atoms with van der Waals surface area (Å²) < 4.78 is 5.38. The van der Waals surface area contributed by atoms with E-state index < -0.39 is 0 Å². The van der Waals surface area contributed by atoms with Gasteiger partial charge in [0.15, 0.2) is 6.61 Å². The molecule has 0 unspecified atom stereocenters. The molecule has 2 aromatic carbocycles. The molecule has 0 bridgehead atoms. The highest BCUT2D eigenvalue weighted by atomic mass is 35.5. The zero-order valence-electron chi connectivity index (χ0n) is 12.6. The van der Waals surface area contributed by atoms with Crippen molar-refractivity contribution >= 4 is 35.3 Å². The molecule has 0 aliphatic rings. The lowest BCUT2D eigenvalue weighted by atomic mass is 10.2. The smallest absolute Gasteiger partial charge is 0.277 e. The average molecular weight is 351 g/mol. The number of halogens is 2. The second-order valence-electron chi connectivity index (χ2n) is 4.71. The third kappa shape index (κ3) is 5.27. The first-order valence-electron chi connectivity index (χ1n) is 7.07. The van der Waals surface area contributed by atoms with Crippen LogP contribution in [0.2, 0.25) is 10.0 Å². The molecule has 0 saturated carbocycles. The van der Waals surface area contributed by atoms with E-state index in [1.807, 2.05) is 24.3 Å². The van der Waals surface area contributed by atoms with E-state index in [9.17, 15) is 4.79 Å². The Hall–Kier alpha value is -2.04. The van der Waals surface area contributed by atoms with Gasteiger partial charge in [-0.3, -0.25) is 4.79 Å². The Morgan fingerprint density at radius 2 is 1.83 bits per heavy atom. The van der Waals surface area contributed by atoms with Gasteiger partial charge in [-0.25, -0.2) is 5.43 Å². The second-order valence-corrected chi connectivity index (χ2v) is 5.53. The molecule has 0 saturated heterocycles. The fraction of sp³-hybridized carbons (Fsp3) is 0.176. The predicted molar refractivity (Wildman–Crippen MR) is 93.5 cm³/mol. The highest BCUT2D eigenvalue weighted by Gasteiger charge is 2.04. The molecule has 0 fully saturated rings. The van der Waals surface area contributed by atoms with Gasteiger partial charge < -0.3 is 4.74 Å². The molecule has 4 nitrogen and oxygen atoms in total. The number of rotatable bonds is 6. The summed E-state index contributed by atoms with van der Waals surface area (Å²) in [7, 11) is 0. The minimum Gasteiger partial charge on any atom is -0.484 e. The molecule has 0 aliphatic carbocycles. The first kappa shape index (κ1) is 17.3. The van der Waals surface area contributed by atoms with Gasteiger partial charge in [0.1, 0.15) is 5.75 Å². The maximum Gasteiger partial charge on any atom is 0.277 e. The highest BCUT2D eigenvalue weighted by molar-refractivity contribution is 6.38. The number of benzene rings is 2. The zero-order valence-corrected chi connectivity index (χ0v) is 14.1. The van der Waals surface area contributed by atoms with Crippen LogP contribution in [0.1, 0.15) is 18.1 Å². The summed E-state index contributed by atoms with van der Waals surface area (Å²) in [6, 6.07) is 12.7. The average Bonchev–Trinajstić information content (AvgIpc) is 2.56. The predicted octanol–water partition coefficient (Wildman–Crippen LogP) is 4.08. The Kier molecular flexibility index (Phi) is 6.44. The maximum atomic E-state index is 11.7. The van der Waals surface area contributed by atoms with Crippen molar-refractivity contribution in [2.75, 3.05) is 6.61 Å². The van der Waals surface area contributed by atoms with Gasteiger partial charge in [0.25, 0.3) is 5.91 Å². The number of aryl methyl sites for hydroxylation is 1. The van der Waals surface area contributed by atoms with E-state index in [0.717, 1.165) is 6.42 Å². The van der Waals surface area contributed by atoms with Gasteiger partial charge in [-0.15, -0.1) is 0 Å². The van der Waals surface area contributed by atoms with Gasteiger partial charge >= 0.3 is 0 Å². The van der Waals surface area contributed by atoms with Crippen LogP contribution in [0.5, 0.6) is 5.75 Å². The molecule has 0 radical (unpaired) electrons. The van der Waals surface area contributed by atoms with E-state index in [4.69, 9.17) is 27.9 Å². The van der Waals surface area contributed by atoms with Gasteiger partial charge in [-0.05, 0) is 36.2 Å². The summed E-state index contributed by atoms with van der Waals surface area (Å²) >= 11 is 12.0. The maximum absolute atomic E-state index is 11.7. The Morgan fingerprint density at radius 3 is 2.43 bits per heavy atom. The molecule has 23 heavy (non-hydrogen) atoms. The van der Waals surface area contributed by atoms with E-state index in [0.29, 0.717) is 21.4 Å². The molecular weight excluding hydrogens is 335 g/mol. The van der Waals surface area contributed by atoms with Crippen molar-refractivity contribution in [1.29, 1.82) is 0 Å². The summed E-state index contributed by atoms with van der Waals surface area (Å²) in [5, 5.41) is 4.75. The van der Waals surface area contributed by atoms with Crippen LogP contribution in [0.4, 0.5) is 0 Å². The summed E-state index contributed by atoms with van der Waals surface area (Å²) in [5.74, 6) is 0.263. The lowest BCUT2D eigenvalue weighted by molar-refractivity contribution is -0.123. The molecule has 0 spiro atoms. The third-order valence-corrected chi connectivity index (χ3v) is 3.74. The second kappa shape index (κ2) is 8.56. The van der Waals surface area contributed by atoms with Crippen LogP contribution in [-0.4, -0.2) is 18.7 Å². The number of hydrazone groups is 1. The lowest BCUT2D eigenvalue weighted by Gasteiger charge is -2.06. The van der Waals surface area contributed by atoms with Gasteiger partial charge in [-0.1, -0.05) is 48.3 Å². The quantitative estimate of drug-likeness (QED) is 0.630. The minimum absolute atomic E-state index is 0.126. The molecule has 0 atom stereocenters. The fourth-order valence-electron chi connectivity index (χ4n) is 1.81. The molecule has 6 heteroatoms. The van der Waals surface area contributed by atoms with Crippen LogP contribution in [0.25, 0.3) is 0 Å². The number of nitrogens with one attached hydrogen (secondary N) is 1. The van der Waals surface area contributed by atoms with Crippen LogP contribution < -0.4 is 10.2 Å². The molecule has 1 N–H and O–H groups in total. The standard InChI is InChI=1S/C17H16Cl2N2O2/c1-2-12-6-8-13(9-7-12)23-11-17(22)21-20-10-14-15(18)4-3-5-16(14)19/h3-10H,2,11H2,1H3,(H,21,22)/b20-10-. The van der Waals surface area contributed by atoms with Gasteiger partial charge in [0.05, 0.1) is 16.3 Å². The van der Waals surface area contributed by atoms with E-state index in [1.165, 1.54) is 11.8 Å². The first-order valence-corrected chi connectivity index (χ1v) is 7.83. The van der Waals surface area contributed by atoms with E-state index in [1.54, 1.807) is 18.2 Å². The van der Waals surface area contributed by atoms with Crippen LogP contribution in [-0.2, 0) is 11.2 Å². The number of hydrogen-bond acceptors (Lipinski definition) is 3. The van der Waals surface area contributed by atoms with E-state index in [2.05, 4.69) is 17.5 Å². The SMILES string of the molecule is CCc1ccc(OCC(=O)N/N=C\c2c(Cl)cccc2Cl)cc1.